The highest BCUT2D eigenvalue weighted by Gasteiger charge is 2.33. The van der Waals surface area contributed by atoms with Crippen molar-refractivity contribution < 1.29 is 32.2 Å². The first-order chi connectivity index (χ1) is 8.37. The molecule has 18 heavy (non-hydrogen) atoms. The van der Waals surface area contributed by atoms with Crippen LogP contribution < -0.4 is 9.47 Å². The summed E-state index contributed by atoms with van der Waals surface area (Å²) in [6.07, 6.45) is -4.90. The molecule has 1 aromatic carbocycles. The molecule has 0 aliphatic rings. The summed E-state index contributed by atoms with van der Waals surface area (Å²) in [4.78, 5) is 11.3. The van der Waals surface area contributed by atoms with E-state index in [9.17, 15) is 18.0 Å². The van der Waals surface area contributed by atoms with Gasteiger partial charge < -0.3 is 14.2 Å². The Kier molecular flexibility index (Phi) is 4.41. The average Bonchev–Trinajstić information content (AvgIpc) is 2.27. The van der Waals surface area contributed by atoms with Crippen LogP contribution in [0.5, 0.6) is 11.5 Å². The van der Waals surface area contributed by atoms with Crippen molar-refractivity contribution in [2.24, 2.45) is 0 Å². The van der Waals surface area contributed by atoms with E-state index in [1.807, 2.05) is 0 Å². The first-order valence-corrected chi connectivity index (χ1v) is 4.98. The zero-order valence-electron chi connectivity index (χ0n) is 9.71. The van der Waals surface area contributed by atoms with Crippen molar-refractivity contribution in [1.29, 1.82) is 0 Å². The monoisotopic (exact) mass is 264 g/mol. The third-order valence-corrected chi connectivity index (χ3v) is 1.90. The molecule has 0 bridgehead atoms. The highest BCUT2D eigenvalue weighted by atomic mass is 19.4. The summed E-state index contributed by atoms with van der Waals surface area (Å²) in [7, 11) is 1.07. The summed E-state index contributed by atoms with van der Waals surface area (Å²) in [5.41, 5.74) is -0.321. The normalized spacial score (nSPS) is 10.9. The molecule has 7 heteroatoms. The Morgan fingerprint density at radius 3 is 2.50 bits per heavy atom. The van der Waals surface area contributed by atoms with Crippen LogP contribution in [0.2, 0.25) is 0 Å². The van der Waals surface area contributed by atoms with Crippen LogP contribution in [0.1, 0.15) is 17.3 Å². The third kappa shape index (κ3) is 3.83. The van der Waals surface area contributed by atoms with Gasteiger partial charge in [-0.2, -0.15) is 0 Å². The van der Waals surface area contributed by atoms with Crippen LogP contribution in [0.4, 0.5) is 13.2 Å². The second kappa shape index (κ2) is 5.61. The minimum atomic E-state index is -4.90. The van der Waals surface area contributed by atoms with E-state index in [0.717, 1.165) is 19.2 Å². The minimum absolute atomic E-state index is 0.171. The lowest BCUT2D eigenvalue weighted by Gasteiger charge is -2.13. The largest absolute Gasteiger partial charge is 0.573 e. The number of rotatable bonds is 4. The Balaban J connectivity index is 3.13. The van der Waals surface area contributed by atoms with E-state index in [1.165, 1.54) is 6.07 Å². The number of hydrogen-bond acceptors (Lipinski definition) is 4. The molecule has 0 aliphatic heterocycles. The van der Waals surface area contributed by atoms with Crippen LogP contribution in [-0.2, 0) is 4.74 Å². The fourth-order valence-corrected chi connectivity index (χ4v) is 1.25. The van der Waals surface area contributed by atoms with Gasteiger partial charge in [0.15, 0.2) is 0 Å². The number of methoxy groups -OCH3 is 1. The van der Waals surface area contributed by atoms with Crippen molar-refractivity contribution in [3.8, 4) is 11.5 Å². The lowest BCUT2D eigenvalue weighted by molar-refractivity contribution is -0.274. The fourth-order valence-electron chi connectivity index (χ4n) is 1.25. The Morgan fingerprint density at radius 1 is 1.33 bits per heavy atom. The molecule has 0 aromatic heterocycles. The average molecular weight is 264 g/mol. The molecule has 100 valence electrons. The number of halogens is 3. The maximum Gasteiger partial charge on any atom is 0.573 e. The van der Waals surface area contributed by atoms with E-state index in [0.29, 0.717) is 0 Å². The molecule has 0 heterocycles. The van der Waals surface area contributed by atoms with Crippen LogP contribution in [0.15, 0.2) is 18.2 Å². The zero-order chi connectivity index (χ0) is 13.8. The molecule has 1 aromatic rings. The Bertz CT molecular complexity index is 429. The molecule has 0 unspecified atom stereocenters. The molecule has 1 rings (SSSR count). The molecule has 4 nitrogen and oxygen atoms in total. The van der Waals surface area contributed by atoms with Crippen LogP contribution in [0.3, 0.4) is 0 Å². The Morgan fingerprint density at radius 2 is 2.00 bits per heavy atom. The van der Waals surface area contributed by atoms with E-state index in [4.69, 9.17) is 4.74 Å². The van der Waals surface area contributed by atoms with Gasteiger partial charge in [-0.25, -0.2) is 4.79 Å². The molecule has 0 radical (unpaired) electrons. The number of hydrogen-bond donors (Lipinski definition) is 0. The van der Waals surface area contributed by atoms with Gasteiger partial charge in [0.05, 0.1) is 13.7 Å². The van der Waals surface area contributed by atoms with Crippen LogP contribution in [0.25, 0.3) is 0 Å². The number of carbonyl (C=O) groups excluding carboxylic acids is 1. The maximum absolute atomic E-state index is 12.2. The van der Waals surface area contributed by atoms with Crippen LogP contribution in [0, 0.1) is 0 Å². The highest BCUT2D eigenvalue weighted by Crippen LogP contribution is 2.30. The number of alkyl halides is 3. The maximum atomic E-state index is 12.2. The predicted octanol–water partition coefficient (Wildman–Crippen LogP) is 2.77. The topological polar surface area (TPSA) is 44.8 Å². The molecule has 0 saturated carbocycles. The fraction of sp³-hybridized carbons (Fsp3) is 0.364. The first kappa shape index (κ1) is 14.1. The SMILES string of the molecule is CCOc1ccc(C(=O)OC)c(OC(F)(F)F)c1. The summed E-state index contributed by atoms with van der Waals surface area (Å²) >= 11 is 0. The van der Waals surface area contributed by atoms with Gasteiger partial charge in [0.25, 0.3) is 0 Å². The Hall–Kier alpha value is -1.92. The summed E-state index contributed by atoms with van der Waals surface area (Å²) in [6, 6.07) is 3.50. The zero-order valence-corrected chi connectivity index (χ0v) is 9.71. The summed E-state index contributed by atoms with van der Waals surface area (Å²) < 4.78 is 49.7. The van der Waals surface area contributed by atoms with Gasteiger partial charge in [-0.15, -0.1) is 13.2 Å². The predicted molar refractivity (Wildman–Crippen MR) is 55.6 cm³/mol. The van der Waals surface area contributed by atoms with Crippen molar-refractivity contribution in [1.82, 2.24) is 0 Å². The van der Waals surface area contributed by atoms with Gasteiger partial charge in [0.1, 0.15) is 17.1 Å². The quantitative estimate of drug-likeness (QED) is 0.784. The van der Waals surface area contributed by atoms with Gasteiger partial charge in [-0.05, 0) is 19.1 Å². The molecule has 0 atom stereocenters. The van der Waals surface area contributed by atoms with Crippen molar-refractivity contribution in [3.05, 3.63) is 23.8 Å². The molecular weight excluding hydrogens is 253 g/mol. The van der Waals surface area contributed by atoms with Gasteiger partial charge >= 0.3 is 12.3 Å². The molecular formula is C11H11F3O4. The van der Waals surface area contributed by atoms with Gasteiger partial charge in [0.2, 0.25) is 0 Å². The van der Waals surface area contributed by atoms with E-state index in [-0.39, 0.29) is 17.9 Å². The molecule has 0 aliphatic carbocycles. The lowest BCUT2D eigenvalue weighted by atomic mass is 10.2. The molecule has 0 spiro atoms. The lowest BCUT2D eigenvalue weighted by Crippen LogP contribution is -2.19. The number of benzene rings is 1. The first-order valence-electron chi connectivity index (χ1n) is 4.98. The van der Waals surface area contributed by atoms with E-state index in [1.54, 1.807) is 6.92 Å². The summed E-state index contributed by atoms with van der Waals surface area (Å²) in [5, 5.41) is 0. The van der Waals surface area contributed by atoms with Crippen molar-refractivity contribution in [2.75, 3.05) is 13.7 Å². The van der Waals surface area contributed by atoms with E-state index >= 15 is 0 Å². The van der Waals surface area contributed by atoms with Gasteiger partial charge in [0, 0.05) is 6.07 Å². The van der Waals surface area contributed by atoms with E-state index in [2.05, 4.69) is 9.47 Å². The van der Waals surface area contributed by atoms with E-state index < -0.39 is 18.1 Å². The number of esters is 1. The minimum Gasteiger partial charge on any atom is -0.494 e. The summed E-state index contributed by atoms with van der Waals surface area (Å²) in [6.45, 7) is 1.96. The van der Waals surface area contributed by atoms with Crippen LogP contribution >= 0.6 is 0 Å². The standard InChI is InChI=1S/C11H11F3O4/c1-3-17-7-4-5-8(10(15)16-2)9(6-7)18-11(12,13)14/h4-6H,3H2,1-2H3. The van der Waals surface area contributed by atoms with Gasteiger partial charge in [-0.1, -0.05) is 0 Å². The second-order valence-electron chi connectivity index (χ2n) is 3.13. The molecule has 0 saturated heterocycles. The second-order valence-corrected chi connectivity index (χ2v) is 3.13. The number of ether oxygens (including phenoxy) is 3. The number of carbonyl (C=O) groups is 1. The van der Waals surface area contributed by atoms with Crippen LogP contribution in [-0.4, -0.2) is 26.0 Å². The smallest absolute Gasteiger partial charge is 0.494 e. The molecule has 0 N–H and O–H groups in total. The van der Waals surface area contributed by atoms with Crippen molar-refractivity contribution >= 4 is 5.97 Å². The highest BCUT2D eigenvalue weighted by molar-refractivity contribution is 5.92. The Labute approximate surface area is 101 Å². The van der Waals surface area contributed by atoms with Gasteiger partial charge in [-0.3, -0.25) is 0 Å². The van der Waals surface area contributed by atoms with Crippen molar-refractivity contribution in [3.63, 3.8) is 0 Å². The summed E-state index contributed by atoms with van der Waals surface area (Å²) in [5.74, 6) is -1.40. The molecule has 0 fully saturated rings. The third-order valence-electron chi connectivity index (χ3n) is 1.90. The van der Waals surface area contributed by atoms with Crippen molar-refractivity contribution in [2.45, 2.75) is 13.3 Å². The molecule has 0 amide bonds.